The largest absolute Gasteiger partial charge is 0.303 e. The van der Waals surface area contributed by atoms with Gasteiger partial charge in [-0.1, -0.05) is 29.8 Å². The van der Waals surface area contributed by atoms with Crippen LogP contribution < -0.4 is 0 Å². The van der Waals surface area contributed by atoms with E-state index in [2.05, 4.69) is 53.5 Å². The average molecular weight is 360 g/mol. The molecule has 5 nitrogen and oxygen atoms in total. The first kappa shape index (κ1) is 17.0. The van der Waals surface area contributed by atoms with Gasteiger partial charge in [-0.05, 0) is 33.1 Å². The number of thiazole rings is 1. The second-order valence-corrected chi connectivity index (χ2v) is 7.47. The van der Waals surface area contributed by atoms with E-state index in [4.69, 9.17) is 17.3 Å². The van der Waals surface area contributed by atoms with Crippen LogP contribution in [0.15, 0.2) is 29.6 Å². The van der Waals surface area contributed by atoms with Gasteiger partial charge in [0.2, 0.25) is 0 Å². The monoisotopic (exact) mass is 359 g/mol. The molecule has 0 aliphatic heterocycles. The Bertz CT molecular complexity index is 889. The normalized spacial score (nSPS) is 11.4. The molecule has 3 rings (SSSR count). The molecule has 0 spiro atoms. The maximum Gasteiger partial charge on any atom is 0.199 e. The predicted octanol–water partition coefficient (Wildman–Crippen LogP) is 3.78. The maximum atomic E-state index is 5.55. The van der Waals surface area contributed by atoms with Crippen molar-refractivity contribution in [2.45, 2.75) is 27.1 Å². The zero-order chi connectivity index (χ0) is 17.3. The molecule has 0 saturated heterocycles. The van der Waals surface area contributed by atoms with Gasteiger partial charge >= 0.3 is 0 Å². The number of aromatic nitrogens is 4. The minimum absolute atomic E-state index is 0.634. The van der Waals surface area contributed by atoms with E-state index in [0.29, 0.717) is 11.4 Å². The van der Waals surface area contributed by atoms with Crippen molar-refractivity contribution < 1.29 is 0 Å². The molecule has 0 aliphatic carbocycles. The Kier molecular flexibility index (Phi) is 4.93. The summed E-state index contributed by atoms with van der Waals surface area (Å²) in [7, 11) is 4.02. The lowest BCUT2D eigenvalue weighted by Gasteiger charge is -2.14. The Morgan fingerprint density at radius 3 is 2.54 bits per heavy atom. The number of rotatable bonds is 5. The van der Waals surface area contributed by atoms with Crippen LogP contribution in [0.3, 0.4) is 0 Å². The van der Waals surface area contributed by atoms with Gasteiger partial charge in [-0.25, -0.2) is 9.67 Å². The van der Waals surface area contributed by atoms with E-state index in [1.54, 1.807) is 11.3 Å². The third kappa shape index (κ3) is 3.63. The third-order valence-electron chi connectivity index (χ3n) is 3.82. The third-order valence-corrected chi connectivity index (χ3v) is 5.13. The molecule has 0 bridgehead atoms. The molecule has 1 aromatic carbocycles. The van der Waals surface area contributed by atoms with Crippen molar-refractivity contribution in [2.75, 3.05) is 7.05 Å². The van der Waals surface area contributed by atoms with E-state index in [-0.39, 0.29) is 0 Å². The molecule has 2 aromatic heterocycles. The van der Waals surface area contributed by atoms with Crippen LogP contribution in [0, 0.1) is 18.6 Å². The lowest BCUT2D eigenvalue weighted by molar-refractivity contribution is 0.242. The zero-order valence-corrected chi connectivity index (χ0v) is 16.0. The highest BCUT2D eigenvalue weighted by Crippen LogP contribution is 2.18. The minimum atomic E-state index is 0.634. The van der Waals surface area contributed by atoms with Crippen molar-refractivity contribution in [3.8, 4) is 11.4 Å². The van der Waals surface area contributed by atoms with Crippen LogP contribution in [-0.2, 0) is 20.3 Å². The summed E-state index contributed by atoms with van der Waals surface area (Å²) < 4.78 is 4.54. The van der Waals surface area contributed by atoms with Gasteiger partial charge in [-0.3, -0.25) is 4.90 Å². The molecular weight excluding hydrogens is 338 g/mol. The van der Waals surface area contributed by atoms with Crippen molar-refractivity contribution in [2.24, 2.45) is 7.05 Å². The standard InChI is InChI=1S/C17H21N5S2/c1-12-5-7-14(8-6-12)16-19-22(17(23)21(16)4)11-20(3)9-15-10-24-13(2)18-15/h5-8,10H,9,11H2,1-4H3. The molecule has 7 heteroatoms. The van der Waals surface area contributed by atoms with Gasteiger partial charge in [-0.15, -0.1) is 11.3 Å². The van der Waals surface area contributed by atoms with Crippen molar-refractivity contribution >= 4 is 23.6 Å². The Labute approximate surface area is 151 Å². The zero-order valence-electron chi connectivity index (χ0n) is 14.4. The SMILES string of the molecule is Cc1ccc(-c2nn(CN(C)Cc3csc(C)n3)c(=S)n2C)cc1. The first-order chi connectivity index (χ1) is 11.4. The van der Waals surface area contributed by atoms with Crippen molar-refractivity contribution in [1.29, 1.82) is 0 Å². The Hall–Kier alpha value is -1.83. The molecule has 3 aromatic rings. The quantitative estimate of drug-likeness (QED) is 0.650. The molecule has 0 aliphatic rings. The number of aryl methyl sites for hydroxylation is 2. The second-order valence-electron chi connectivity index (χ2n) is 6.04. The highest BCUT2D eigenvalue weighted by atomic mass is 32.1. The summed E-state index contributed by atoms with van der Waals surface area (Å²) in [5, 5.41) is 7.90. The first-order valence-corrected chi connectivity index (χ1v) is 9.03. The summed E-state index contributed by atoms with van der Waals surface area (Å²) in [5.74, 6) is 0.887. The smallest absolute Gasteiger partial charge is 0.199 e. The fourth-order valence-electron chi connectivity index (χ4n) is 2.57. The molecule has 126 valence electrons. The van der Waals surface area contributed by atoms with Crippen LogP contribution in [-0.4, -0.2) is 31.3 Å². The number of nitrogens with zero attached hydrogens (tertiary/aromatic N) is 5. The summed E-state index contributed by atoms with van der Waals surface area (Å²) in [6.07, 6.45) is 0. The van der Waals surface area contributed by atoms with Gasteiger partial charge in [0, 0.05) is 24.5 Å². The fraction of sp³-hybridized carbons (Fsp3) is 0.353. The van der Waals surface area contributed by atoms with E-state index in [1.807, 2.05) is 23.2 Å². The van der Waals surface area contributed by atoms with Crippen LogP contribution in [0.5, 0.6) is 0 Å². The molecule has 2 heterocycles. The molecular formula is C17H21N5S2. The van der Waals surface area contributed by atoms with Crippen molar-refractivity contribution in [3.05, 3.63) is 50.7 Å². The van der Waals surface area contributed by atoms with Crippen LogP contribution in [0.4, 0.5) is 0 Å². The summed E-state index contributed by atoms with van der Waals surface area (Å²) in [6.45, 7) is 5.52. The molecule has 0 unspecified atom stereocenters. The molecule has 0 fully saturated rings. The van der Waals surface area contributed by atoms with Crippen LogP contribution in [0.25, 0.3) is 11.4 Å². The van der Waals surface area contributed by atoms with E-state index < -0.39 is 0 Å². The van der Waals surface area contributed by atoms with Gasteiger partial charge in [0.25, 0.3) is 0 Å². The molecule has 24 heavy (non-hydrogen) atoms. The van der Waals surface area contributed by atoms with Gasteiger partial charge in [0.15, 0.2) is 10.6 Å². The number of hydrogen-bond acceptors (Lipinski definition) is 5. The predicted molar refractivity (Wildman–Crippen MR) is 101 cm³/mol. The van der Waals surface area contributed by atoms with E-state index in [1.165, 1.54) is 5.56 Å². The van der Waals surface area contributed by atoms with E-state index in [9.17, 15) is 0 Å². The fourth-order valence-corrected chi connectivity index (χ4v) is 3.36. The highest BCUT2D eigenvalue weighted by Gasteiger charge is 2.12. The number of hydrogen-bond donors (Lipinski definition) is 0. The molecule has 0 atom stereocenters. The molecule has 0 amide bonds. The Morgan fingerprint density at radius 1 is 1.21 bits per heavy atom. The Balaban J connectivity index is 1.80. The Morgan fingerprint density at radius 2 is 1.92 bits per heavy atom. The second kappa shape index (κ2) is 6.96. The number of benzene rings is 1. The lowest BCUT2D eigenvalue weighted by atomic mass is 10.1. The minimum Gasteiger partial charge on any atom is -0.303 e. The van der Waals surface area contributed by atoms with Crippen LogP contribution in [0.2, 0.25) is 0 Å². The first-order valence-electron chi connectivity index (χ1n) is 7.74. The lowest BCUT2D eigenvalue weighted by Crippen LogP contribution is -2.22. The van der Waals surface area contributed by atoms with Gasteiger partial charge < -0.3 is 4.57 Å². The van der Waals surface area contributed by atoms with Crippen LogP contribution >= 0.6 is 23.6 Å². The molecule has 0 N–H and O–H groups in total. The van der Waals surface area contributed by atoms with Crippen molar-refractivity contribution in [3.63, 3.8) is 0 Å². The average Bonchev–Trinajstić information content (AvgIpc) is 3.06. The summed E-state index contributed by atoms with van der Waals surface area (Å²) in [6, 6.07) is 8.35. The van der Waals surface area contributed by atoms with E-state index >= 15 is 0 Å². The topological polar surface area (TPSA) is 38.9 Å². The van der Waals surface area contributed by atoms with Gasteiger partial charge in [-0.2, -0.15) is 5.10 Å². The van der Waals surface area contributed by atoms with Crippen molar-refractivity contribution in [1.82, 2.24) is 24.2 Å². The molecule has 0 saturated carbocycles. The summed E-state index contributed by atoms with van der Waals surface area (Å²) in [4.78, 5) is 6.67. The summed E-state index contributed by atoms with van der Waals surface area (Å²) >= 11 is 7.23. The van der Waals surface area contributed by atoms with E-state index in [0.717, 1.165) is 28.6 Å². The van der Waals surface area contributed by atoms with Gasteiger partial charge in [0.05, 0.1) is 17.4 Å². The van der Waals surface area contributed by atoms with Crippen LogP contribution in [0.1, 0.15) is 16.3 Å². The molecule has 0 radical (unpaired) electrons. The maximum absolute atomic E-state index is 5.55. The highest BCUT2D eigenvalue weighted by molar-refractivity contribution is 7.71. The van der Waals surface area contributed by atoms with Gasteiger partial charge in [0.1, 0.15) is 0 Å². The summed E-state index contributed by atoms with van der Waals surface area (Å²) in [5.41, 5.74) is 3.39.